The highest BCUT2D eigenvalue weighted by atomic mass is 16.1. The van der Waals surface area contributed by atoms with Gasteiger partial charge < -0.3 is 9.72 Å². The zero-order chi connectivity index (χ0) is 17.2. The second kappa shape index (κ2) is 6.24. The van der Waals surface area contributed by atoms with E-state index >= 15 is 0 Å². The number of anilines is 1. The van der Waals surface area contributed by atoms with E-state index in [0.717, 1.165) is 22.5 Å². The van der Waals surface area contributed by atoms with Crippen LogP contribution >= 0.6 is 0 Å². The zero-order valence-corrected chi connectivity index (χ0v) is 13.8. The standard InChI is InChI=1S/C21H17N3O/c1-15-7-9-16(10-8-15)17-11-12-20-23-19(14-24(20)13-17)21(25)22-18-5-3-2-4-6-18/h2-14H,1H3,(H,22,25). The Labute approximate surface area is 145 Å². The van der Waals surface area contributed by atoms with Crippen molar-refractivity contribution in [1.82, 2.24) is 9.38 Å². The Bertz CT molecular complexity index is 1030. The smallest absolute Gasteiger partial charge is 0.275 e. The molecule has 0 atom stereocenters. The zero-order valence-electron chi connectivity index (χ0n) is 13.8. The summed E-state index contributed by atoms with van der Waals surface area (Å²) in [4.78, 5) is 16.8. The van der Waals surface area contributed by atoms with Crippen molar-refractivity contribution in [2.24, 2.45) is 0 Å². The average molecular weight is 327 g/mol. The molecule has 4 rings (SSSR count). The van der Waals surface area contributed by atoms with Crippen LogP contribution in [0.25, 0.3) is 16.8 Å². The molecule has 0 aliphatic carbocycles. The lowest BCUT2D eigenvalue weighted by molar-refractivity contribution is 0.102. The lowest BCUT2D eigenvalue weighted by Gasteiger charge is -2.03. The Balaban J connectivity index is 1.64. The van der Waals surface area contributed by atoms with Crippen molar-refractivity contribution in [2.75, 3.05) is 5.32 Å². The highest BCUT2D eigenvalue weighted by Gasteiger charge is 2.11. The molecule has 4 nitrogen and oxygen atoms in total. The van der Waals surface area contributed by atoms with Gasteiger partial charge in [0, 0.05) is 18.1 Å². The number of amides is 1. The normalized spacial score (nSPS) is 10.8. The molecule has 0 bridgehead atoms. The van der Waals surface area contributed by atoms with Crippen molar-refractivity contribution < 1.29 is 4.79 Å². The number of nitrogens with zero attached hydrogens (tertiary/aromatic N) is 2. The molecule has 0 saturated carbocycles. The first-order valence-electron chi connectivity index (χ1n) is 8.11. The van der Waals surface area contributed by atoms with Crippen molar-refractivity contribution in [3.8, 4) is 11.1 Å². The number of pyridine rings is 1. The average Bonchev–Trinajstić information content (AvgIpc) is 3.06. The van der Waals surface area contributed by atoms with E-state index in [1.54, 1.807) is 6.20 Å². The molecule has 1 N–H and O–H groups in total. The van der Waals surface area contributed by atoms with Crippen LogP contribution in [-0.4, -0.2) is 15.3 Å². The van der Waals surface area contributed by atoms with Crippen LogP contribution < -0.4 is 5.32 Å². The predicted molar refractivity (Wildman–Crippen MR) is 99.8 cm³/mol. The first-order chi connectivity index (χ1) is 12.2. The van der Waals surface area contributed by atoms with Gasteiger partial charge in [-0.3, -0.25) is 4.79 Å². The summed E-state index contributed by atoms with van der Waals surface area (Å²) in [7, 11) is 0. The van der Waals surface area contributed by atoms with Crippen molar-refractivity contribution in [1.29, 1.82) is 0 Å². The van der Waals surface area contributed by atoms with Crippen LogP contribution in [0.3, 0.4) is 0 Å². The molecule has 2 aromatic heterocycles. The fourth-order valence-electron chi connectivity index (χ4n) is 2.73. The molecule has 25 heavy (non-hydrogen) atoms. The molecule has 0 unspecified atom stereocenters. The Morgan fingerprint density at radius 2 is 1.60 bits per heavy atom. The largest absolute Gasteiger partial charge is 0.321 e. The van der Waals surface area contributed by atoms with Crippen LogP contribution in [0, 0.1) is 6.92 Å². The molecule has 0 spiro atoms. The lowest BCUT2D eigenvalue weighted by Crippen LogP contribution is -2.11. The number of benzene rings is 2. The topological polar surface area (TPSA) is 46.4 Å². The number of nitrogens with one attached hydrogen (secondary N) is 1. The Hall–Kier alpha value is -3.40. The number of aromatic nitrogens is 2. The van der Waals surface area contributed by atoms with Gasteiger partial charge in [-0.15, -0.1) is 0 Å². The molecule has 0 aliphatic heterocycles. The number of carbonyl (C=O) groups is 1. The van der Waals surface area contributed by atoms with Gasteiger partial charge in [0.2, 0.25) is 0 Å². The van der Waals surface area contributed by atoms with E-state index in [-0.39, 0.29) is 5.91 Å². The van der Waals surface area contributed by atoms with Crippen LogP contribution in [0.1, 0.15) is 16.1 Å². The maximum atomic E-state index is 12.4. The summed E-state index contributed by atoms with van der Waals surface area (Å²) in [5.74, 6) is -0.216. The molecule has 0 fully saturated rings. The summed E-state index contributed by atoms with van der Waals surface area (Å²) in [5, 5.41) is 2.86. The number of carbonyl (C=O) groups excluding carboxylic acids is 1. The Kier molecular flexibility index (Phi) is 3.78. The third kappa shape index (κ3) is 3.15. The van der Waals surface area contributed by atoms with Gasteiger partial charge in [-0.25, -0.2) is 4.98 Å². The molecular formula is C21H17N3O. The summed E-state index contributed by atoms with van der Waals surface area (Å²) < 4.78 is 1.88. The number of imidazole rings is 1. The maximum Gasteiger partial charge on any atom is 0.275 e. The molecule has 0 radical (unpaired) electrons. The molecule has 122 valence electrons. The molecule has 4 aromatic rings. The van der Waals surface area contributed by atoms with Gasteiger partial charge in [0.25, 0.3) is 5.91 Å². The van der Waals surface area contributed by atoms with Crippen molar-refractivity contribution in [3.05, 3.63) is 90.4 Å². The molecule has 1 amide bonds. The highest BCUT2D eigenvalue weighted by molar-refractivity contribution is 6.03. The second-order valence-electron chi connectivity index (χ2n) is 6.00. The maximum absolute atomic E-state index is 12.4. The molecular weight excluding hydrogens is 310 g/mol. The Morgan fingerprint density at radius 3 is 2.36 bits per heavy atom. The van der Waals surface area contributed by atoms with Crippen LogP contribution in [-0.2, 0) is 0 Å². The Morgan fingerprint density at radius 1 is 0.880 bits per heavy atom. The molecule has 4 heteroatoms. The fourth-order valence-corrected chi connectivity index (χ4v) is 2.73. The number of fused-ring (bicyclic) bond motifs is 1. The number of para-hydroxylation sites is 1. The van der Waals surface area contributed by atoms with Gasteiger partial charge in [-0.2, -0.15) is 0 Å². The minimum absolute atomic E-state index is 0.216. The van der Waals surface area contributed by atoms with Crippen LogP contribution in [0.15, 0.2) is 79.1 Å². The summed E-state index contributed by atoms with van der Waals surface area (Å²) >= 11 is 0. The quantitative estimate of drug-likeness (QED) is 0.599. The van der Waals surface area contributed by atoms with E-state index in [4.69, 9.17) is 0 Å². The minimum Gasteiger partial charge on any atom is -0.321 e. The summed E-state index contributed by atoms with van der Waals surface area (Å²) in [6, 6.07) is 21.7. The van der Waals surface area contributed by atoms with Crippen LogP contribution in [0.5, 0.6) is 0 Å². The lowest BCUT2D eigenvalue weighted by atomic mass is 10.1. The third-order valence-corrected chi connectivity index (χ3v) is 4.10. The van der Waals surface area contributed by atoms with Gasteiger partial charge in [-0.1, -0.05) is 48.0 Å². The molecule has 2 aromatic carbocycles. The third-order valence-electron chi connectivity index (χ3n) is 4.10. The molecule has 2 heterocycles. The van der Waals surface area contributed by atoms with Crippen LogP contribution in [0.2, 0.25) is 0 Å². The van der Waals surface area contributed by atoms with Gasteiger partial charge in [0.05, 0.1) is 0 Å². The van der Waals surface area contributed by atoms with E-state index in [1.807, 2.05) is 53.1 Å². The number of aryl methyl sites for hydroxylation is 1. The predicted octanol–water partition coefficient (Wildman–Crippen LogP) is 4.56. The van der Waals surface area contributed by atoms with E-state index in [0.29, 0.717) is 5.69 Å². The van der Waals surface area contributed by atoms with Crippen molar-refractivity contribution >= 4 is 17.2 Å². The van der Waals surface area contributed by atoms with E-state index < -0.39 is 0 Å². The van der Waals surface area contributed by atoms with E-state index in [9.17, 15) is 4.79 Å². The van der Waals surface area contributed by atoms with Gasteiger partial charge in [-0.05, 0) is 42.3 Å². The van der Waals surface area contributed by atoms with Crippen LogP contribution in [0.4, 0.5) is 5.69 Å². The number of rotatable bonds is 3. The second-order valence-corrected chi connectivity index (χ2v) is 6.00. The minimum atomic E-state index is -0.216. The molecule has 0 saturated heterocycles. The van der Waals surface area contributed by atoms with E-state index in [2.05, 4.69) is 41.5 Å². The summed E-state index contributed by atoms with van der Waals surface area (Å²) in [5.41, 5.74) is 5.34. The first kappa shape index (κ1) is 15.1. The summed E-state index contributed by atoms with van der Waals surface area (Å²) in [6.45, 7) is 2.07. The SMILES string of the molecule is Cc1ccc(-c2ccc3nc(C(=O)Nc4ccccc4)cn3c2)cc1. The van der Waals surface area contributed by atoms with Gasteiger partial charge in [0.15, 0.2) is 0 Å². The highest BCUT2D eigenvalue weighted by Crippen LogP contribution is 2.21. The number of hydrogen-bond donors (Lipinski definition) is 1. The van der Waals surface area contributed by atoms with Crippen molar-refractivity contribution in [3.63, 3.8) is 0 Å². The number of hydrogen-bond acceptors (Lipinski definition) is 2. The van der Waals surface area contributed by atoms with Crippen molar-refractivity contribution in [2.45, 2.75) is 6.92 Å². The van der Waals surface area contributed by atoms with Gasteiger partial charge in [0.1, 0.15) is 11.3 Å². The molecule has 0 aliphatic rings. The van der Waals surface area contributed by atoms with Gasteiger partial charge >= 0.3 is 0 Å². The monoisotopic (exact) mass is 327 g/mol. The van der Waals surface area contributed by atoms with E-state index in [1.165, 1.54) is 5.56 Å². The first-order valence-corrected chi connectivity index (χ1v) is 8.11. The summed E-state index contributed by atoms with van der Waals surface area (Å²) in [6.07, 6.45) is 3.75. The fraction of sp³-hybridized carbons (Fsp3) is 0.0476.